The van der Waals surface area contributed by atoms with Gasteiger partial charge in [-0.25, -0.2) is 8.78 Å². The average molecular weight is 258 g/mol. The lowest BCUT2D eigenvalue weighted by Crippen LogP contribution is -2.47. The summed E-state index contributed by atoms with van der Waals surface area (Å²) in [7, 11) is 0. The Morgan fingerprint density at radius 3 is 2.17 bits per heavy atom. The van der Waals surface area contributed by atoms with Crippen molar-refractivity contribution in [2.24, 2.45) is 0 Å². The van der Waals surface area contributed by atoms with Crippen LogP contribution < -0.4 is 0 Å². The lowest BCUT2D eigenvalue weighted by molar-refractivity contribution is -0.177. The number of aliphatic hydroxyl groups excluding tert-OH is 1. The minimum atomic E-state index is -2.79. The van der Waals surface area contributed by atoms with E-state index in [1.165, 1.54) is 0 Å². The molecule has 1 aromatic carbocycles. The third-order valence-electron chi connectivity index (χ3n) is 3.34. The van der Waals surface area contributed by atoms with Crippen LogP contribution in [0.15, 0.2) is 30.3 Å². The molecular formula is C14H20F2O2. The monoisotopic (exact) mass is 258 g/mol. The number of rotatable bonds is 7. The number of hydrogen-bond donors (Lipinski definition) is 1. The predicted octanol–water partition coefficient (Wildman–Crippen LogP) is 3.39. The van der Waals surface area contributed by atoms with Gasteiger partial charge in [0.1, 0.15) is 6.10 Å². The van der Waals surface area contributed by atoms with Crippen LogP contribution >= 0.6 is 0 Å². The van der Waals surface area contributed by atoms with E-state index in [2.05, 4.69) is 0 Å². The van der Waals surface area contributed by atoms with Crippen molar-refractivity contribution in [3.05, 3.63) is 35.9 Å². The minimum Gasteiger partial charge on any atom is -0.384 e. The van der Waals surface area contributed by atoms with Crippen molar-refractivity contribution in [3.63, 3.8) is 0 Å². The second kappa shape index (κ2) is 6.81. The molecule has 18 heavy (non-hydrogen) atoms. The summed E-state index contributed by atoms with van der Waals surface area (Å²) in [6, 6.07) is 9.34. The van der Waals surface area contributed by atoms with E-state index in [0.717, 1.165) is 5.56 Å². The van der Waals surface area contributed by atoms with Gasteiger partial charge in [-0.1, -0.05) is 44.2 Å². The summed E-state index contributed by atoms with van der Waals surface area (Å²) in [6.07, 6.45) is -3.85. The number of alkyl halides is 2. The van der Waals surface area contributed by atoms with Crippen molar-refractivity contribution in [3.8, 4) is 0 Å². The molecule has 1 N–H and O–H groups in total. The van der Waals surface area contributed by atoms with E-state index >= 15 is 0 Å². The van der Waals surface area contributed by atoms with E-state index in [1.54, 1.807) is 13.8 Å². The molecule has 0 fully saturated rings. The number of aliphatic hydroxyl groups is 1. The van der Waals surface area contributed by atoms with E-state index in [4.69, 9.17) is 4.74 Å². The first kappa shape index (κ1) is 15.1. The maximum absolute atomic E-state index is 12.7. The standard InChI is InChI=1S/C14H20F2O2/c1-3-14(4-2,12(17)13(15)16)18-10-11-8-6-5-7-9-11/h5-9,12-13,17H,3-4,10H2,1-2H3. The van der Waals surface area contributed by atoms with Crippen molar-refractivity contribution in [1.82, 2.24) is 0 Å². The van der Waals surface area contributed by atoms with Crippen LogP contribution in [0.1, 0.15) is 32.3 Å². The van der Waals surface area contributed by atoms with Crippen LogP contribution in [-0.4, -0.2) is 23.2 Å². The second-order valence-electron chi connectivity index (χ2n) is 4.33. The Morgan fingerprint density at radius 1 is 1.17 bits per heavy atom. The third kappa shape index (κ3) is 3.50. The summed E-state index contributed by atoms with van der Waals surface area (Å²) in [5.41, 5.74) is -0.269. The zero-order valence-electron chi connectivity index (χ0n) is 10.8. The van der Waals surface area contributed by atoms with Crippen LogP contribution in [0.4, 0.5) is 8.78 Å². The van der Waals surface area contributed by atoms with Crippen molar-refractivity contribution >= 4 is 0 Å². The highest BCUT2D eigenvalue weighted by Gasteiger charge is 2.41. The third-order valence-corrected chi connectivity index (χ3v) is 3.34. The van der Waals surface area contributed by atoms with Crippen LogP contribution in [-0.2, 0) is 11.3 Å². The molecule has 1 aromatic rings. The van der Waals surface area contributed by atoms with Crippen LogP contribution in [0.3, 0.4) is 0 Å². The van der Waals surface area contributed by atoms with Gasteiger partial charge in [-0.15, -0.1) is 0 Å². The van der Waals surface area contributed by atoms with Gasteiger partial charge < -0.3 is 9.84 Å². The number of ether oxygens (including phenoxy) is 1. The molecule has 102 valence electrons. The molecule has 1 rings (SSSR count). The summed E-state index contributed by atoms with van der Waals surface area (Å²) in [6.45, 7) is 3.73. The lowest BCUT2D eigenvalue weighted by atomic mass is 9.90. The van der Waals surface area contributed by atoms with Gasteiger partial charge in [-0.05, 0) is 18.4 Å². The number of halogens is 2. The van der Waals surface area contributed by atoms with Gasteiger partial charge in [0.15, 0.2) is 0 Å². The lowest BCUT2D eigenvalue weighted by Gasteiger charge is -2.36. The Hall–Kier alpha value is -1.00. The quantitative estimate of drug-likeness (QED) is 0.812. The molecule has 0 aliphatic rings. The van der Waals surface area contributed by atoms with Gasteiger partial charge in [0, 0.05) is 0 Å². The Bertz CT molecular complexity index is 337. The summed E-state index contributed by atoms with van der Waals surface area (Å²) < 4.78 is 31.0. The SMILES string of the molecule is CCC(CC)(OCc1ccccc1)C(O)C(F)F. The first-order chi connectivity index (χ1) is 8.55. The van der Waals surface area contributed by atoms with E-state index in [0.29, 0.717) is 12.8 Å². The Kier molecular flexibility index (Phi) is 5.69. The number of hydrogen-bond acceptors (Lipinski definition) is 2. The molecule has 1 unspecified atom stereocenters. The topological polar surface area (TPSA) is 29.5 Å². The Balaban J connectivity index is 2.74. The van der Waals surface area contributed by atoms with Gasteiger partial charge in [-0.3, -0.25) is 0 Å². The molecule has 0 heterocycles. The fourth-order valence-electron chi connectivity index (χ4n) is 1.99. The molecule has 1 atom stereocenters. The fraction of sp³-hybridized carbons (Fsp3) is 0.571. The summed E-state index contributed by atoms with van der Waals surface area (Å²) >= 11 is 0. The molecule has 0 aliphatic carbocycles. The second-order valence-corrected chi connectivity index (χ2v) is 4.33. The van der Waals surface area contributed by atoms with Gasteiger partial charge >= 0.3 is 0 Å². The highest BCUT2D eigenvalue weighted by Crippen LogP contribution is 2.29. The maximum atomic E-state index is 12.7. The molecular weight excluding hydrogens is 238 g/mol. The summed E-state index contributed by atoms with van der Waals surface area (Å²) in [5, 5.41) is 9.64. The van der Waals surface area contributed by atoms with Crippen molar-refractivity contribution in [1.29, 1.82) is 0 Å². The Morgan fingerprint density at radius 2 is 1.72 bits per heavy atom. The summed E-state index contributed by atoms with van der Waals surface area (Å²) in [4.78, 5) is 0. The fourth-order valence-corrected chi connectivity index (χ4v) is 1.99. The van der Waals surface area contributed by atoms with Crippen LogP contribution in [0.25, 0.3) is 0 Å². The summed E-state index contributed by atoms with van der Waals surface area (Å²) in [5.74, 6) is 0. The highest BCUT2D eigenvalue weighted by molar-refractivity contribution is 5.13. The van der Waals surface area contributed by atoms with E-state index in [9.17, 15) is 13.9 Å². The zero-order valence-corrected chi connectivity index (χ0v) is 10.8. The first-order valence-corrected chi connectivity index (χ1v) is 6.19. The van der Waals surface area contributed by atoms with Crippen LogP contribution in [0.5, 0.6) is 0 Å². The van der Waals surface area contributed by atoms with Crippen LogP contribution in [0, 0.1) is 0 Å². The molecule has 0 saturated heterocycles. The largest absolute Gasteiger partial charge is 0.384 e. The zero-order chi connectivity index (χ0) is 13.6. The maximum Gasteiger partial charge on any atom is 0.266 e. The van der Waals surface area contributed by atoms with Crippen molar-refractivity contribution < 1.29 is 18.6 Å². The van der Waals surface area contributed by atoms with Crippen LogP contribution in [0.2, 0.25) is 0 Å². The molecule has 0 aromatic heterocycles. The van der Waals surface area contributed by atoms with E-state index in [-0.39, 0.29) is 6.61 Å². The molecule has 0 bridgehead atoms. The van der Waals surface area contributed by atoms with E-state index in [1.807, 2.05) is 30.3 Å². The molecule has 0 saturated carbocycles. The van der Waals surface area contributed by atoms with Gasteiger partial charge in [0.05, 0.1) is 12.2 Å². The normalized spacial score (nSPS) is 13.9. The molecule has 0 aliphatic heterocycles. The van der Waals surface area contributed by atoms with Crippen molar-refractivity contribution in [2.45, 2.75) is 51.4 Å². The van der Waals surface area contributed by atoms with E-state index < -0.39 is 18.1 Å². The molecule has 4 heteroatoms. The molecule has 0 spiro atoms. The Labute approximate surface area is 107 Å². The smallest absolute Gasteiger partial charge is 0.266 e. The molecule has 2 nitrogen and oxygen atoms in total. The van der Waals surface area contributed by atoms with Gasteiger partial charge in [0.25, 0.3) is 6.43 Å². The minimum absolute atomic E-state index is 0.228. The predicted molar refractivity (Wildman–Crippen MR) is 66.6 cm³/mol. The van der Waals surface area contributed by atoms with Crippen molar-refractivity contribution in [2.75, 3.05) is 0 Å². The van der Waals surface area contributed by atoms with Gasteiger partial charge in [-0.2, -0.15) is 0 Å². The first-order valence-electron chi connectivity index (χ1n) is 6.19. The molecule has 0 amide bonds. The van der Waals surface area contributed by atoms with Gasteiger partial charge in [0.2, 0.25) is 0 Å². The molecule has 0 radical (unpaired) electrons. The highest BCUT2D eigenvalue weighted by atomic mass is 19.3. The number of benzene rings is 1. The average Bonchev–Trinajstić information content (AvgIpc) is 2.41.